The van der Waals surface area contributed by atoms with Gasteiger partial charge in [-0.15, -0.1) is 0 Å². The predicted octanol–water partition coefficient (Wildman–Crippen LogP) is 0.895. The highest BCUT2D eigenvalue weighted by molar-refractivity contribution is 6.02. The normalized spacial score (nSPS) is 9.43. The summed E-state index contributed by atoms with van der Waals surface area (Å²) in [7, 11) is 0. The molecule has 5 heteroatoms. The second-order valence-electron chi connectivity index (χ2n) is 2.53. The van der Waals surface area contributed by atoms with Gasteiger partial charge in [-0.25, -0.2) is 9.59 Å². The molecular weight excluding hydrogens is 188 g/mol. The van der Waals surface area contributed by atoms with Gasteiger partial charge in [0.2, 0.25) is 0 Å². The van der Waals surface area contributed by atoms with Gasteiger partial charge in [-0.3, -0.25) is 4.79 Å². The van der Waals surface area contributed by atoms with Crippen LogP contribution in [0.1, 0.15) is 31.1 Å². The summed E-state index contributed by atoms with van der Waals surface area (Å²) in [6, 6.07) is 3.37. The number of benzene rings is 1. The van der Waals surface area contributed by atoms with E-state index in [9.17, 15) is 14.4 Å². The van der Waals surface area contributed by atoms with Crippen LogP contribution in [0.5, 0.6) is 0 Å². The Labute approximate surface area is 78.6 Å². The Morgan fingerprint density at radius 1 is 1.07 bits per heavy atom. The van der Waals surface area contributed by atoms with Gasteiger partial charge in [-0.05, 0) is 12.1 Å². The molecular formula is C9H6O5. The Morgan fingerprint density at radius 2 is 1.64 bits per heavy atom. The molecule has 2 N–H and O–H groups in total. The van der Waals surface area contributed by atoms with Crippen LogP contribution in [0.4, 0.5) is 0 Å². The van der Waals surface area contributed by atoms with Crippen molar-refractivity contribution < 1.29 is 24.6 Å². The molecule has 0 aliphatic carbocycles. The van der Waals surface area contributed by atoms with Crippen LogP contribution in [0, 0.1) is 0 Å². The summed E-state index contributed by atoms with van der Waals surface area (Å²) in [4.78, 5) is 31.5. The second kappa shape index (κ2) is 3.69. The molecule has 0 radical (unpaired) electrons. The van der Waals surface area contributed by atoms with Crippen LogP contribution < -0.4 is 0 Å². The molecule has 5 nitrogen and oxygen atoms in total. The van der Waals surface area contributed by atoms with Crippen molar-refractivity contribution in [2.45, 2.75) is 0 Å². The average Bonchev–Trinajstić information content (AvgIpc) is 2.16. The number of carboxylic acids is 2. The Morgan fingerprint density at radius 3 is 2.07 bits per heavy atom. The highest BCUT2D eigenvalue weighted by Gasteiger charge is 2.15. The minimum absolute atomic E-state index is 0.132. The third-order valence-corrected chi connectivity index (χ3v) is 1.64. The van der Waals surface area contributed by atoms with E-state index in [-0.39, 0.29) is 16.7 Å². The summed E-state index contributed by atoms with van der Waals surface area (Å²) in [5, 5.41) is 17.3. The van der Waals surface area contributed by atoms with E-state index in [0.717, 1.165) is 12.1 Å². The topological polar surface area (TPSA) is 91.7 Å². The Hall–Kier alpha value is -2.17. The Bertz CT molecular complexity index is 408. The largest absolute Gasteiger partial charge is 0.478 e. The first-order valence-corrected chi connectivity index (χ1v) is 3.62. The van der Waals surface area contributed by atoms with Crippen molar-refractivity contribution in [1.29, 1.82) is 0 Å². The zero-order valence-corrected chi connectivity index (χ0v) is 6.93. The highest BCUT2D eigenvalue weighted by atomic mass is 16.4. The molecule has 0 aliphatic heterocycles. The molecule has 0 saturated carbocycles. The minimum atomic E-state index is -1.37. The van der Waals surface area contributed by atoms with E-state index in [2.05, 4.69) is 0 Å². The number of carbonyl (C=O) groups is 3. The van der Waals surface area contributed by atoms with E-state index < -0.39 is 11.9 Å². The van der Waals surface area contributed by atoms with Crippen molar-refractivity contribution >= 4 is 18.2 Å². The van der Waals surface area contributed by atoms with Crippen molar-refractivity contribution in [3.05, 3.63) is 34.9 Å². The monoisotopic (exact) mass is 194 g/mol. The Balaban J connectivity index is 3.38. The molecule has 0 bridgehead atoms. The molecule has 0 unspecified atom stereocenters. The SMILES string of the molecule is O=Cc1ccc(C(=O)O)c(C(=O)O)c1. The molecule has 0 atom stereocenters. The van der Waals surface area contributed by atoms with Gasteiger partial charge in [-0.1, -0.05) is 6.07 Å². The fraction of sp³-hybridized carbons (Fsp3) is 0. The number of carbonyl (C=O) groups excluding carboxylic acids is 1. The molecule has 1 aromatic rings. The fourth-order valence-corrected chi connectivity index (χ4v) is 0.999. The maximum absolute atomic E-state index is 10.6. The van der Waals surface area contributed by atoms with E-state index >= 15 is 0 Å². The van der Waals surface area contributed by atoms with Gasteiger partial charge in [0.05, 0.1) is 11.1 Å². The van der Waals surface area contributed by atoms with Crippen molar-refractivity contribution in [3.63, 3.8) is 0 Å². The van der Waals surface area contributed by atoms with Crippen molar-refractivity contribution in [2.24, 2.45) is 0 Å². The molecule has 72 valence electrons. The highest BCUT2D eigenvalue weighted by Crippen LogP contribution is 2.11. The average molecular weight is 194 g/mol. The first-order chi connectivity index (χ1) is 6.56. The first kappa shape index (κ1) is 9.91. The first-order valence-electron chi connectivity index (χ1n) is 3.62. The van der Waals surface area contributed by atoms with E-state index in [1.165, 1.54) is 6.07 Å². The summed E-state index contributed by atoms with van der Waals surface area (Å²) in [5.41, 5.74) is -0.586. The van der Waals surface area contributed by atoms with Crippen LogP contribution in [0.2, 0.25) is 0 Å². The molecule has 0 fully saturated rings. The number of aromatic carboxylic acids is 2. The maximum Gasteiger partial charge on any atom is 0.336 e. The van der Waals surface area contributed by atoms with Gasteiger partial charge in [0.1, 0.15) is 6.29 Å². The lowest BCUT2D eigenvalue weighted by Gasteiger charge is -2.01. The lowest BCUT2D eigenvalue weighted by Crippen LogP contribution is -2.08. The maximum atomic E-state index is 10.6. The van der Waals surface area contributed by atoms with Gasteiger partial charge in [-0.2, -0.15) is 0 Å². The van der Waals surface area contributed by atoms with E-state index in [1.807, 2.05) is 0 Å². The van der Waals surface area contributed by atoms with Gasteiger partial charge >= 0.3 is 11.9 Å². The summed E-state index contributed by atoms with van der Waals surface area (Å²) >= 11 is 0. The van der Waals surface area contributed by atoms with Crippen LogP contribution >= 0.6 is 0 Å². The predicted molar refractivity (Wildman–Crippen MR) is 45.7 cm³/mol. The summed E-state index contributed by atoms with van der Waals surface area (Å²) in [6.07, 6.45) is 0.456. The van der Waals surface area contributed by atoms with E-state index in [4.69, 9.17) is 10.2 Å². The summed E-state index contributed by atoms with van der Waals surface area (Å²) < 4.78 is 0. The summed E-state index contributed by atoms with van der Waals surface area (Å²) in [5.74, 6) is -2.70. The van der Waals surface area contributed by atoms with Gasteiger partial charge in [0.15, 0.2) is 0 Å². The third kappa shape index (κ3) is 1.77. The number of aldehydes is 1. The standard InChI is InChI=1S/C9H6O5/c10-4-5-1-2-6(8(11)12)7(3-5)9(13)14/h1-4H,(H,11,12)(H,13,14). The van der Waals surface area contributed by atoms with Gasteiger partial charge in [0, 0.05) is 5.56 Å². The molecule has 0 amide bonds. The lowest BCUT2D eigenvalue weighted by atomic mass is 10.0. The molecule has 0 spiro atoms. The molecule has 1 aromatic carbocycles. The smallest absolute Gasteiger partial charge is 0.336 e. The van der Waals surface area contributed by atoms with Gasteiger partial charge < -0.3 is 10.2 Å². The van der Waals surface area contributed by atoms with E-state index in [0.29, 0.717) is 6.29 Å². The van der Waals surface area contributed by atoms with Crippen molar-refractivity contribution in [3.8, 4) is 0 Å². The lowest BCUT2D eigenvalue weighted by molar-refractivity contribution is 0.0651. The van der Waals surface area contributed by atoms with E-state index in [1.54, 1.807) is 0 Å². The fourth-order valence-electron chi connectivity index (χ4n) is 0.999. The van der Waals surface area contributed by atoms with Crippen LogP contribution in [0.3, 0.4) is 0 Å². The minimum Gasteiger partial charge on any atom is -0.478 e. The molecule has 1 rings (SSSR count). The third-order valence-electron chi connectivity index (χ3n) is 1.64. The quantitative estimate of drug-likeness (QED) is 0.697. The number of carboxylic acid groups (broad SMARTS) is 2. The molecule has 0 saturated heterocycles. The molecule has 0 aliphatic rings. The van der Waals surface area contributed by atoms with Crippen LogP contribution in [0.25, 0.3) is 0 Å². The van der Waals surface area contributed by atoms with Crippen molar-refractivity contribution in [2.75, 3.05) is 0 Å². The zero-order chi connectivity index (χ0) is 10.7. The Kier molecular flexibility index (Phi) is 2.62. The van der Waals surface area contributed by atoms with Crippen LogP contribution in [-0.4, -0.2) is 28.4 Å². The number of rotatable bonds is 3. The zero-order valence-electron chi connectivity index (χ0n) is 6.93. The van der Waals surface area contributed by atoms with Crippen LogP contribution in [0.15, 0.2) is 18.2 Å². The second-order valence-corrected chi connectivity index (χ2v) is 2.53. The van der Waals surface area contributed by atoms with Crippen molar-refractivity contribution in [1.82, 2.24) is 0 Å². The molecule has 0 aromatic heterocycles. The van der Waals surface area contributed by atoms with Gasteiger partial charge in [0.25, 0.3) is 0 Å². The summed E-state index contributed by atoms with van der Waals surface area (Å²) in [6.45, 7) is 0. The van der Waals surface area contributed by atoms with Crippen LogP contribution in [-0.2, 0) is 0 Å². The molecule has 0 heterocycles. The number of hydrogen-bond donors (Lipinski definition) is 2. The number of hydrogen-bond acceptors (Lipinski definition) is 3. The molecule has 14 heavy (non-hydrogen) atoms.